The van der Waals surface area contributed by atoms with Crippen LogP contribution >= 0.6 is 0 Å². The van der Waals surface area contributed by atoms with Crippen molar-refractivity contribution < 1.29 is 54.5 Å². The first-order valence-corrected chi connectivity index (χ1v) is 24.1. The quantitative estimate of drug-likeness (QED) is 0.0514. The molecule has 1 aromatic heterocycles. The zero-order chi connectivity index (χ0) is 46.4. The smallest absolute Gasteiger partial charge is 0.338 e. The van der Waals surface area contributed by atoms with E-state index in [0.717, 1.165) is 11.4 Å². The van der Waals surface area contributed by atoms with Crippen LogP contribution in [0.4, 0.5) is 17.1 Å². The number of quaternary nitrogens is 1. The van der Waals surface area contributed by atoms with Gasteiger partial charge in [0.1, 0.15) is 11.5 Å². The van der Waals surface area contributed by atoms with Crippen molar-refractivity contribution in [1.29, 1.82) is 0 Å². The van der Waals surface area contributed by atoms with Gasteiger partial charge < -0.3 is 28.4 Å². The largest absolute Gasteiger partial charge is 0.748 e. The topological polar surface area (TPSA) is 187 Å². The van der Waals surface area contributed by atoms with Gasteiger partial charge in [-0.3, -0.25) is 4.90 Å². The van der Waals surface area contributed by atoms with Crippen molar-refractivity contribution in [2.45, 2.75) is 40.2 Å². The summed E-state index contributed by atoms with van der Waals surface area (Å²) in [6, 6.07) is 29.1. The zero-order valence-electron chi connectivity index (χ0n) is 36.7. The number of imidazole rings is 1. The number of hydrogen-bond donors (Lipinski definition) is 1. The molecule has 0 saturated carbocycles. The Morgan fingerprint density at radius 1 is 0.688 bits per heavy atom. The van der Waals surface area contributed by atoms with Crippen molar-refractivity contribution in [2.24, 2.45) is 0 Å². The van der Waals surface area contributed by atoms with Gasteiger partial charge in [0.2, 0.25) is 0 Å². The Hall–Kier alpha value is -6.11. The molecule has 0 unspecified atom stereocenters. The SMILES string of the molecule is CC[NH+](CC)CC.COC(=O)c1ccc2c(c1)N(CCCS(=O)(=O)[O-])/C(=C/C=C/C=C/c1n(-c3ccccc3)c3ccc(C(=O)OC)cc3[n+]1CCCS(=O)(=O)[O-])N2c1ccccc1. The van der Waals surface area contributed by atoms with Crippen LogP contribution in [-0.4, -0.2) is 94.4 Å². The molecule has 340 valence electrons. The number of allylic oxidation sites excluding steroid dienone is 4. The fraction of sp³-hybridized carbons (Fsp3) is 0.298. The summed E-state index contributed by atoms with van der Waals surface area (Å²) in [6.07, 6.45) is 9.03. The maximum atomic E-state index is 12.5. The Morgan fingerprint density at radius 3 is 1.81 bits per heavy atom. The van der Waals surface area contributed by atoms with Gasteiger partial charge in [0.15, 0.2) is 11.0 Å². The molecule has 0 amide bonds. The van der Waals surface area contributed by atoms with Crippen LogP contribution in [-0.2, 0) is 36.3 Å². The molecule has 0 radical (unpaired) electrons. The third kappa shape index (κ3) is 12.5. The molecule has 2 heterocycles. The number of rotatable bonds is 18. The number of fused-ring (bicyclic) bond motifs is 2. The lowest BCUT2D eigenvalue weighted by atomic mass is 10.1. The van der Waals surface area contributed by atoms with E-state index >= 15 is 0 Å². The van der Waals surface area contributed by atoms with Crippen LogP contribution in [0.3, 0.4) is 0 Å². The van der Waals surface area contributed by atoms with Gasteiger partial charge in [0, 0.05) is 35.9 Å². The minimum Gasteiger partial charge on any atom is -0.748 e. The van der Waals surface area contributed by atoms with Crippen molar-refractivity contribution in [3.63, 3.8) is 0 Å². The first-order valence-electron chi connectivity index (χ1n) is 21.0. The number of carbonyl (C=O) groups excluding carboxylic acids is 2. The van der Waals surface area contributed by atoms with Gasteiger partial charge in [-0.25, -0.2) is 31.0 Å². The van der Waals surface area contributed by atoms with Crippen LogP contribution in [0.1, 0.15) is 60.2 Å². The van der Waals surface area contributed by atoms with Crippen molar-refractivity contribution in [2.75, 3.05) is 61.7 Å². The van der Waals surface area contributed by atoms with E-state index in [2.05, 4.69) is 20.8 Å². The summed E-state index contributed by atoms with van der Waals surface area (Å²) >= 11 is 0. The molecule has 0 atom stereocenters. The molecule has 5 aromatic rings. The number of hydrogen-bond acceptors (Lipinski definition) is 12. The second-order valence-electron chi connectivity index (χ2n) is 14.7. The Balaban J connectivity index is 0.00000102. The molecule has 17 heteroatoms. The monoisotopic (exact) mass is 913 g/mol. The molecular weight excluding hydrogens is 859 g/mol. The number of aryl methyl sites for hydroxylation is 1. The molecule has 0 fully saturated rings. The van der Waals surface area contributed by atoms with E-state index in [4.69, 9.17) is 9.47 Å². The highest BCUT2D eigenvalue weighted by molar-refractivity contribution is 7.85. The van der Waals surface area contributed by atoms with Gasteiger partial charge in [-0.15, -0.1) is 0 Å². The van der Waals surface area contributed by atoms with E-state index in [1.54, 1.807) is 59.5 Å². The molecular formula is C47H55N5O10S2. The number of nitrogens with one attached hydrogen (secondary N) is 1. The minimum atomic E-state index is -4.49. The molecule has 1 aliphatic rings. The van der Waals surface area contributed by atoms with E-state index in [9.17, 15) is 35.5 Å². The van der Waals surface area contributed by atoms with Gasteiger partial charge in [-0.2, -0.15) is 4.57 Å². The maximum absolute atomic E-state index is 12.5. The normalized spacial score (nSPS) is 13.5. The average molecular weight is 914 g/mol. The molecule has 1 aliphatic heterocycles. The molecule has 0 saturated heterocycles. The zero-order valence-corrected chi connectivity index (χ0v) is 38.3. The van der Waals surface area contributed by atoms with Crippen LogP contribution in [0.15, 0.2) is 127 Å². The van der Waals surface area contributed by atoms with Crippen LogP contribution in [0.5, 0.6) is 0 Å². The summed E-state index contributed by atoms with van der Waals surface area (Å²) in [5, 5.41) is 0. The van der Waals surface area contributed by atoms with Crippen molar-refractivity contribution in [3.05, 3.63) is 144 Å². The van der Waals surface area contributed by atoms with Crippen LogP contribution < -0.4 is 19.3 Å². The third-order valence-electron chi connectivity index (χ3n) is 10.7. The summed E-state index contributed by atoms with van der Waals surface area (Å²) in [5.74, 6) is -1.01. The standard InChI is InChI=1S/C41H40N4O10S2.C6H15N/c1-54-40(46)30-20-22-34-36(28-30)42(24-12-26-56(48,49)50)38(44(34)32-14-6-3-7-15-32)18-10-5-11-19-39-43(25-13-27-57(51,52)53)37-29-31(41(47)55-2)21-23-35(37)45(39)33-16-8-4-9-17-33;1-4-7(5-2)6-3/h3-11,14-23,28-29H,12-13,24-27H2,1-2H3,(H-,48,49,50,51,52,53);4-6H2,1-3H3. The van der Waals surface area contributed by atoms with E-state index in [0.29, 0.717) is 45.2 Å². The fourth-order valence-electron chi connectivity index (χ4n) is 7.47. The molecule has 64 heavy (non-hydrogen) atoms. The van der Waals surface area contributed by atoms with Gasteiger partial charge in [-0.1, -0.05) is 54.6 Å². The highest BCUT2D eigenvalue weighted by atomic mass is 32.2. The molecule has 1 N–H and O–H groups in total. The molecule has 15 nitrogen and oxygen atoms in total. The number of anilines is 3. The highest BCUT2D eigenvalue weighted by Crippen LogP contribution is 2.46. The summed E-state index contributed by atoms with van der Waals surface area (Å²) in [6.45, 7) is 10.8. The van der Waals surface area contributed by atoms with Gasteiger partial charge in [0.05, 0.1) is 83.1 Å². The van der Waals surface area contributed by atoms with E-state index < -0.39 is 43.7 Å². The predicted molar refractivity (Wildman–Crippen MR) is 246 cm³/mol. The number of carbonyl (C=O) groups is 2. The van der Waals surface area contributed by atoms with Crippen molar-refractivity contribution >= 4 is 66.3 Å². The number of methoxy groups -OCH3 is 2. The van der Waals surface area contributed by atoms with Crippen LogP contribution in [0.25, 0.3) is 22.8 Å². The van der Waals surface area contributed by atoms with Crippen LogP contribution in [0.2, 0.25) is 0 Å². The number of ether oxygens (including phenoxy) is 2. The lowest BCUT2D eigenvalue weighted by molar-refractivity contribution is -0.894. The Labute approximate surface area is 375 Å². The van der Waals surface area contributed by atoms with Gasteiger partial charge in [-0.05, 0) is 94.3 Å². The lowest BCUT2D eigenvalue weighted by Gasteiger charge is -2.25. The van der Waals surface area contributed by atoms with E-state index in [1.807, 2.05) is 91.7 Å². The number of nitrogens with zero attached hydrogens (tertiary/aromatic N) is 4. The lowest BCUT2D eigenvalue weighted by Crippen LogP contribution is -3.11. The minimum absolute atomic E-state index is 0.0205. The number of para-hydroxylation sites is 2. The van der Waals surface area contributed by atoms with Gasteiger partial charge in [0.25, 0.3) is 5.82 Å². The summed E-state index contributed by atoms with van der Waals surface area (Å²) in [5.41, 5.74) is 4.82. The second kappa shape index (κ2) is 22.5. The van der Waals surface area contributed by atoms with Crippen molar-refractivity contribution in [1.82, 2.24) is 4.57 Å². The number of aromatic nitrogens is 2. The first kappa shape index (κ1) is 48.9. The fourth-order valence-corrected chi connectivity index (χ4v) is 8.44. The van der Waals surface area contributed by atoms with Gasteiger partial charge >= 0.3 is 11.9 Å². The molecule has 4 aromatic carbocycles. The molecule has 0 aliphatic carbocycles. The molecule has 6 rings (SSSR count). The third-order valence-corrected chi connectivity index (χ3v) is 12.2. The maximum Gasteiger partial charge on any atom is 0.338 e. The van der Waals surface area contributed by atoms with E-state index in [1.165, 1.54) is 33.9 Å². The number of benzene rings is 4. The predicted octanol–water partition coefficient (Wildman–Crippen LogP) is 5.36. The summed E-state index contributed by atoms with van der Waals surface area (Å²) < 4.78 is 83.2. The second-order valence-corrected chi connectivity index (χ2v) is 17.8. The Bertz CT molecular complexity index is 2710. The molecule has 0 spiro atoms. The van der Waals surface area contributed by atoms with E-state index in [-0.39, 0.29) is 25.9 Å². The van der Waals surface area contributed by atoms with Crippen molar-refractivity contribution in [3.8, 4) is 5.69 Å². The van der Waals surface area contributed by atoms with Crippen LogP contribution in [0, 0.1) is 0 Å². The Kier molecular flexibility index (Phi) is 17.2. The summed E-state index contributed by atoms with van der Waals surface area (Å²) in [7, 11) is -6.42. The first-order chi connectivity index (χ1) is 30.6. The summed E-state index contributed by atoms with van der Waals surface area (Å²) in [4.78, 5) is 30.6. The Morgan fingerprint density at radius 2 is 1.25 bits per heavy atom. The number of esters is 2. The highest BCUT2D eigenvalue weighted by Gasteiger charge is 2.33. The average Bonchev–Trinajstić information content (AvgIpc) is 3.76. The molecule has 0 bridgehead atoms.